The molecule has 0 spiro atoms. The van der Waals surface area contributed by atoms with Gasteiger partial charge in [-0.15, -0.1) is 11.3 Å². The summed E-state index contributed by atoms with van der Waals surface area (Å²) in [7, 11) is 0. The predicted octanol–water partition coefficient (Wildman–Crippen LogP) is 7.00. The molecule has 0 saturated carbocycles. The number of phenols is 1. The predicted molar refractivity (Wildman–Crippen MR) is 120 cm³/mol. The van der Waals surface area contributed by atoms with Gasteiger partial charge in [0, 0.05) is 22.4 Å². The Kier molecular flexibility index (Phi) is 4.92. The molecule has 140 valence electrons. The van der Waals surface area contributed by atoms with Gasteiger partial charge in [0.1, 0.15) is 10.8 Å². The Morgan fingerprint density at radius 2 is 1.82 bits per heavy atom. The van der Waals surface area contributed by atoms with Crippen LogP contribution >= 0.6 is 22.9 Å². The summed E-state index contributed by atoms with van der Waals surface area (Å²) >= 11 is 8.00. The second-order valence-electron chi connectivity index (χ2n) is 6.81. The highest BCUT2D eigenvalue weighted by molar-refractivity contribution is 7.21. The number of rotatable bonds is 3. The average molecular weight is 407 g/mol. The van der Waals surface area contributed by atoms with Crippen LogP contribution in [0.15, 0.2) is 53.5 Å². The minimum absolute atomic E-state index is 0.183. The zero-order valence-electron chi connectivity index (χ0n) is 15.8. The van der Waals surface area contributed by atoms with E-state index in [0.717, 1.165) is 43.2 Å². The van der Waals surface area contributed by atoms with E-state index in [1.54, 1.807) is 23.6 Å². The van der Waals surface area contributed by atoms with Crippen molar-refractivity contribution in [3.05, 3.63) is 75.8 Å². The van der Waals surface area contributed by atoms with Gasteiger partial charge in [-0.3, -0.25) is 4.99 Å². The molecule has 1 heterocycles. The second-order valence-corrected chi connectivity index (χ2v) is 8.22. The van der Waals surface area contributed by atoms with Crippen LogP contribution in [0, 0.1) is 20.8 Å². The summed E-state index contributed by atoms with van der Waals surface area (Å²) in [4.78, 5) is 9.37. The molecule has 5 heteroatoms. The molecule has 0 aliphatic rings. The monoisotopic (exact) mass is 406 g/mol. The molecule has 28 heavy (non-hydrogen) atoms. The van der Waals surface area contributed by atoms with Crippen LogP contribution in [0.1, 0.15) is 22.3 Å². The van der Waals surface area contributed by atoms with E-state index in [1.807, 2.05) is 51.1 Å². The van der Waals surface area contributed by atoms with Crippen LogP contribution in [-0.4, -0.2) is 16.3 Å². The van der Waals surface area contributed by atoms with Crippen LogP contribution in [0.25, 0.3) is 20.8 Å². The zero-order valence-corrected chi connectivity index (χ0v) is 17.4. The van der Waals surface area contributed by atoms with Crippen molar-refractivity contribution in [1.82, 2.24) is 4.98 Å². The number of aromatic nitrogens is 1. The summed E-state index contributed by atoms with van der Waals surface area (Å²) in [6.07, 6.45) is 1.68. The van der Waals surface area contributed by atoms with Crippen LogP contribution in [0.4, 0.5) is 5.69 Å². The molecule has 0 radical (unpaired) electrons. The minimum atomic E-state index is 0.183. The Labute approximate surface area is 173 Å². The van der Waals surface area contributed by atoms with Crippen molar-refractivity contribution < 1.29 is 5.11 Å². The maximum Gasteiger partial charge on any atom is 0.124 e. The standard InChI is InChI=1S/C23H19ClN2OS/c1-13-8-9-16(23-26-18-6-4-5-7-21(18)28-23)11-19(13)25-12-17-15(3)22(24)14(2)10-20(17)27/h4-12,27H,1-3H3. The fourth-order valence-corrected chi connectivity index (χ4v) is 4.24. The van der Waals surface area contributed by atoms with Crippen molar-refractivity contribution >= 4 is 45.1 Å². The van der Waals surface area contributed by atoms with Gasteiger partial charge < -0.3 is 5.11 Å². The van der Waals surface area contributed by atoms with Crippen LogP contribution in [0.2, 0.25) is 5.02 Å². The van der Waals surface area contributed by atoms with Crippen molar-refractivity contribution in [3.63, 3.8) is 0 Å². The summed E-state index contributed by atoms with van der Waals surface area (Å²) in [6.45, 7) is 5.78. The topological polar surface area (TPSA) is 45.5 Å². The Morgan fingerprint density at radius 1 is 1.04 bits per heavy atom. The van der Waals surface area contributed by atoms with Crippen LogP contribution in [0.5, 0.6) is 5.75 Å². The summed E-state index contributed by atoms with van der Waals surface area (Å²) in [5.41, 5.74) is 6.24. The molecule has 4 aromatic rings. The van der Waals surface area contributed by atoms with E-state index in [0.29, 0.717) is 10.6 Å². The molecule has 0 amide bonds. The molecule has 0 aliphatic carbocycles. The lowest BCUT2D eigenvalue weighted by Crippen LogP contribution is -1.92. The van der Waals surface area contributed by atoms with E-state index in [-0.39, 0.29) is 5.75 Å². The number of aryl methyl sites for hydroxylation is 2. The number of para-hydroxylation sites is 1. The first kappa shape index (κ1) is 18.7. The Morgan fingerprint density at radius 3 is 2.61 bits per heavy atom. The van der Waals surface area contributed by atoms with Gasteiger partial charge >= 0.3 is 0 Å². The molecule has 0 unspecified atom stereocenters. The van der Waals surface area contributed by atoms with Crippen LogP contribution < -0.4 is 0 Å². The molecule has 1 aromatic heterocycles. The number of thiazole rings is 1. The summed E-state index contributed by atoms with van der Waals surface area (Å²) < 4.78 is 1.16. The maximum atomic E-state index is 10.3. The van der Waals surface area contributed by atoms with Crippen molar-refractivity contribution in [2.24, 2.45) is 4.99 Å². The number of hydrogen-bond acceptors (Lipinski definition) is 4. The number of aliphatic imine (C=N–C) groups is 1. The number of halogens is 1. The molecular formula is C23H19ClN2OS. The van der Waals surface area contributed by atoms with Crippen molar-refractivity contribution in [3.8, 4) is 16.3 Å². The molecule has 0 aliphatic heterocycles. The third-order valence-corrected chi connectivity index (χ3v) is 6.46. The Bertz CT molecular complexity index is 1190. The van der Waals surface area contributed by atoms with Crippen LogP contribution in [-0.2, 0) is 0 Å². The highest BCUT2D eigenvalue weighted by Crippen LogP contribution is 2.34. The van der Waals surface area contributed by atoms with Gasteiger partial charge in [-0.25, -0.2) is 4.98 Å². The quantitative estimate of drug-likeness (QED) is 0.372. The largest absolute Gasteiger partial charge is 0.507 e. The van der Waals surface area contributed by atoms with Gasteiger partial charge in [-0.2, -0.15) is 0 Å². The third kappa shape index (κ3) is 3.41. The van der Waals surface area contributed by atoms with E-state index in [2.05, 4.69) is 17.1 Å². The van der Waals surface area contributed by atoms with Gasteiger partial charge in [0.25, 0.3) is 0 Å². The summed E-state index contributed by atoms with van der Waals surface area (Å²) in [5.74, 6) is 0.183. The van der Waals surface area contributed by atoms with Crippen molar-refractivity contribution in [1.29, 1.82) is 0 Å². The molecule has 0 fully saturated rings. The van der Waals surface area contributed by atoms with Crippen molar-refractivity contribution in [2.75, 3.05) is 0 Å². The molecule has 3 aromatic carbocycles. The number of benzene rings is 3. The maximum absolute atomic E-state index is 10.3. The number of nitrogens with zero attached hydrogens (tertiary/aromatic N) is 2. The molecule has 1 N–H and O–H groups in total. The highest BCUT2D eigenvalue weighted by atomic mass is 35.5. The average Bonchev–Trinajstić information content (AvgIpc) is 3.11. The Balaban J connectivity index is 1.74. The normalized spacial score (nSPS) is 11.6. The van der Waals surface area contributed by atoms with E-state index >= 15 is 0 Å². The minimum Gasteiger partial charge on any atom is -0.507 e. The fourth-order valence-electron chi connectivity index (χ4n) is 3.13. The van der Waals surface area contributed by atoms with E-state index in [1.165, 1.54) is 0 Å². The number of phenolic OH excluding ortho intramolecular Hbond substituents is 1. The lowest BCUT2D eigenvalue weighted by molar-refractivity contribution is 0.473. The van der Waals surface area contributed by atoms with Gasteiger partial charge in [0.05, 0.1) is 15.9 Å². The SMILES string of the molecule is Cc1ccc(-c2nc3ccccc3s2)cc1N=Cc1c(O)cc(C)c(Cl)c1C. The molecule has 4 rings (SSSR count). The Hall–Kier alpha value is -2.69. The summed E-state index contributed by atoms with van der Waals surface area (Å²) in [5, 5.41) is 11.9. The van der Waals surface area contributed by atoms with Gasteiger partial charge in [-0.05, 0) is 61.7 Å². The van der Waals surface area contributed by atoms with Gasteiger partial charge in [0.2, 0.25) is 0 Å². The number of fused-ring (bicyclic) bond motifs is 1. The van der Waals surface area contributed by atoms with Crippen LogP contribution in [0.3, 0.4) is 0 Å². The molecule has 0 atom stereocenters. The number of aromatic hydroxyl groups is 1. The van der Waals surface area contributed by atoms with Gasteiger partial charge in [0.15, 0.2) is 0 Å². The highest BCUT2D eigenvalue weighted by Gasteiger charge is 2.11. The fraction of sp³-hybridized carbons (Fsp3) is 0.130. The van der Waals surface area contributed by atoms with E-state index in [4.69, 9.17) is 16.6 Å². The lowest BCUT2D eigenvalue weighted by Gasteiger charge is -2.09. The van der Waals surface area contributed by atoms with E-state index in [9.17, 15) is 5.11 Å². The molecule has 0 bridgehead atoms. The smallest absolute Gasteiger partial charge is 0.124 e. The molecule has 0 saturated heterocycles. The molecular weight excluding hydrogens is 388 g/mol. The third-order valence-electron chi connectivity index (χ3n) is 4.79. The summed E-state index contributed by atoms with van der Waals surface area (Å²) in [6, 6.07) is 15.9. The second kappa shape index (κ2) is 7.38. The number of hydrogen-bond donors (Lipinski definition) is 1. The lowest BCUT2D eigenvalue weighted by atomic mass is 10.0. The van der Waals surface area contributed by atoms with E-state index < -0.39 is 0 Å². The van der Waals surface area contributed by atoms with Crippen molar-refractivity contribution in [2.45, 2.75) is 20.8 Å². The molecule has 3 nitrogen and oxygen atoms in total. The first-order valence-corrected chi connectivity index (χ1v) is 10.1. The first-order chi connectivity index (χ1) is 13.4. The first-order valence-electron chi connectivity index (χ1n) is 8.93. The zero-order chi connectivity index (χ0) is 19.8. The van der Waals surface area contributed by atoms with Gasteiger partial charge in [-0.1, -0.05) is 35.9 Å².